The second-order valence-electron chi connectivity index (χ2n) is 9.74. The minimum absolute atomic E-state index is 0.0264. The van der Waals surface area contributed by atoms with Gasteiger partial charge >= 0.3 is 0 Å². The van der Waals surface area contributed by atoms with Crippen molar-refractivity contribution in [1.82, 2.24) is 19.6 Å². The Hall–Kier alpha value is -3.44. The van der Waals surface area contributed by atoms with Crippen LogP contribution in [0.5, 0.6) is 0 Å². The lowest BCUT2D eigenvalue weighted by molar-refractivity contribution is -0.120. The van der Waals surface area contributed by atoms with E-state index in [0.717, 1.165) is 41.3 Å². The Morgan fingerprint density at radius 2 is 1.71 bits per heavy atom. The van der Waals surface area contributed by atoms with Gasteiger partial charge in [-0.15, -0.1) is 0 Å². The van der Waals surface area contributed by atoms with E-state index in [4.69, 9.17) is 4.98 Å². The number of aromatic nitrogens is 2. The maximum absolute atomic E-state index is 13.3. The van der Waals surface area contributed by atoms with Gasteiger partial charge in [0.1, 0.15) is 5.65 Å². The van der Waals surface area contributed by atoms with Crippen molar-refractivity contribution in [2.24, 2.45) is 0 Å². The molecule has 1 amide bonds. The largest absolute Gasteiger partial charge is 0.354 e. The minimum Gasteiger partial charge on any atom is -0.354 e. The van der Waals surface area contributed by atoms with E-state index in [0.29, 0.717) is 6.54 Å². The molecule has 1 atom stereocenters. The Bertz CT molecular complexity index is 1340. The van der Waals surface area contributed by atoms with E-state index in [2.05, 4.69) is 83.9 Å². The van der Waals surface area contributed by atoms with Gasteiger partial charge in [0.2, 0.25) is 5.91 Å². The van der Waals surface area contributed by atoms with E-state index < -0.39 is 0 Å². The third-order valence-electron chi connectivity index (χ3n) is 7.31. The molecule has 0 aliphatic carbocycles. The molecule has 2 aromatic carbocycles. The third kappa shape index (κ3) is 4.87. The van der Waals surface area contributed by atoms with Gasteiger partial charge in [0, 0.05) is 18.3 Å². The predicted octanol–water partition coefficient (Wildman–Crippen LogP) is 5.42. The van der Waals surface area contributed by atoms with Crippen LogP contribution in [-0.2, 0) is 11.2 Å². The highest BCUT2D eigenvalue weighted by Crippen LogP contribution is 2.28. The zero-order valence-electron chi connectivity index (χ0n) is 20.9. The van der Waals surface area contributed by atoms with E-state index >= 15 is 0 Å². The van der Waals surface area contributed by atoms with Crippen LogP contribution in [0, 0.1) is 20.8 Å². The Labute approximate surface area is 207 Å². The monoisotopic (exact) mass is 466 g/mol. The highest BCUT2D eigenvalue weighted by Gasteiger charge is 2.25. The molecule has 0 saturated carbocycles. The summed E-state index contributed by atoms with van der Waals surface area (Å²) in [5, 5.41) is 3.25. The molecule has 5 rings (SSSR count). The summed E-state index contributed by atoms with van der Waals surface area (Å²) in [6.07, 6.45) is 4.74. The lowest BCUT2D eigenvalue weighted by Crippen LogP contribution is -2.37. The van der Waals surface area contributed by atoms with Crippen LogP contribution in [0.2, 0.25) is 0 Å². The first-order valence-electron chi connectivity index (χ1n) is 12.6. The number of hydrogen-bond donors (Lipinski definition) is 1. The zero-order valence-corrected chi connectivity index (χ0v) is 20.9. The van der Waals surface area contributed by atoms with Gasteiger partial charge in [-0.1, -0.05) is 48.5 Å². The quantitative estimate of drug-likeness (QED) is 0.396. The molecule has 180 valence electrons. The molecule has 1 unspecified atom stereocenters. The number of benzene rings is 2. The van der Waals surface area contributed by atoms with Crippen molar-refractivity contribution in [2.45, 2.75) is 46.1 Å². The van der Waals surface area contributed by atoms with Gasteiger partial charge in [0.15, 0.2) is 0 Å². The maximum atomic E-state index is 13.3. The number of likely N-dealkylation sites (tertiary alicyclic amines) is 1. The molecular weight excluding hydrogens is 432 g/mol. The number of rotatable bonds is 7. The smallest absolute Gasteiger partial charge is 0.226 e. The molecule has 2 aromatic heterocycles. The van der Waals surface area contributed by atoms with Gasteiger partial charge in [-0.25, -0.2) is 4.98 Å². The van der Waals surface area contributed by atoms with Crippen molar-refractivity contribution in [3.8, 4) is 11.3 Å². The van der Waals surface area contributed by atoms with Gasteiger partial charge in [0.25, 0.3) is 0 Å². The van der Waals surface area contributed by atoms with E-state index in [1.807, 2.05) is 18.3 Å². The summed E-state index contributed by atoms with van der Waals surface area (Å²) in [5.41, 5.74) is 8.61. The first-order chi connectivity index (χ1) is 17.0. The van der Waals surface area contributed by atoms with E-state index in [-0.39, 0.29) is 18.4 Å². The number of pyridine rings is 1. The number of amides is 1. The van der Waals surface area contributed by atoms with Crippen LogP contribution in [-0.4, -0.2) is 39.8 Å². The lowest BCUT2D eigenvalue weighted by Gasteiger charge is -2.28. The number of nitrogens with one attached hydrogen (secondary N) is 1. The van der Waals surface area contributed by atoms with Crippen LogP contribution in [0.3, 0.4) is 0 Å². The second kappa shape index (κ2) is 10.0. The fourth-order valence-corrected chi connectivity index (χ4v) is 5.15. The number of hydrogen-bond acceptors (Lipinski definition) is 3. The van der Waals surface area contributed by atoms with E-state index in [1.165, 1.54) is 29.5 Å². The fraction of sp³-hybridized carbons (Fsp3) is 0.333. The number of aryl methyl sites for hydroxylation is 3. The highest BCUT2D eigenvalue weighted by atomic mass is 16.1. The molecule has 1 aliphatic heterocycles. The number of imidazole rings is 1. The molecular formula is C30H34N4O. The molecule has 0 spiro atoms. The molecule has 0 radical (unpaired) electrons. The average molecular weight is 467 g/mol. The van der Waals surface area contributed by atoms with Crippen LogP contribution in [0.15, 0.2) is 66.9 Å². The van der Waals surface area contributed by atoms with E-state index in [9.17, 15) is 4.79 Å². The number of fused-ring (bicyclic) bond motifs is 1. The van der Waals surface area contributed by atoms with Gasteiger partial charge in [0.05, 0.1) is 23.9 Å². The Balaban J connectivity index is 1.42. The van der Waals surface area contributed by atoms with Crippen LogP contribution < -0.4 is 5.32 Å². The average Bonchev–Trinajstić information content (AvgIpc) is 3.51. The van der Waals surface area contributed by atoms with Gasteiger partial charge in [-0.05, 0) is 81.1 Å². The van der Waals surface area contributed by atoms with Crippen molar-refractivity contribution in [1.29, 1.82) is 0 Å². The summed E-state index contributed by atoms with van der Waals surface area (Å²) >= 11 is 0. The molecule has 3 heterocycles. The van der Waals surface area contributed by atoms with Crippen LogP contribution in [0.4, 0.5) is 0 Å². The first-order valence-corrected chi connectivity index (χ1v) is 12.6. The van der Waals surface area contributed by atoms with Crippen molar-refractivity contribution in [2.75, 3.05) is 19.6 Å². The fourth-order valence-electron chi connectivity index (χ4n) is 5.15. The van der Waals surface area contributed by atoms with Gasteiger partial charge in [-0.3, -0.25) is 9.69 Å². The molecule has 1 N–H and O–H groups in total. The van der Waals surface area contributed by atoms with Crippen molar-refractivity contribution in [3.05, 3.63) is 94.8 Å². The standard InChI is InChI=1S/C30H34N4O/c1-21-13-14-25(18-23(21)3)29-26(34-17-9-10-22(2)30(34)32-29)19-28(35)31-20-27(33-15-7-8-16-33)24-11-5-4-6-12-24/h4-6,9-14,17-18,27H,7-8,15-16,19-20H2,1-3H3,(H,31,35). The van der Waals surface area contributed by atoms with Crippen molar-refractivity contribution < 1.29 is 4.79 Å². The molecule has 0 bridgehead atoms. The van der Waals surface area contributed by atoms with E-state index in [1.54, 1.807) is 0 Å². The van der Waals surface area contributed by atoms with Crippen molar-refractivity contribution >= 4 is 11.6 Å². The maximum Gasteiger partial charge on any atom is 0.226 e. The summed E-state index contributed by atoms with van der Waals surface area (Å²) in [4.78, 5) is 20.8. The summed E-state index contributed by atoms with van der Waals surface area (Å²) in [6.45, 7) is 9.07. The molecule has 5 nitrogen and oxygen atoms in total. The lowest BCUT2D eigenvalue weighted by atomic mass is 10.0. The summed E-state index contributed by atoms with van der Waals surface area (Å²) in [5.74, 6) is 0.0264. The van der Waals surface area contributed by atoms with Crippen LogP contribution in [0.1, 0.15) is 46.8 Å². The molecule has 1 fully saturated rings. The SMILES string of the molecule is Cc1ccc(-c2nc3c(C)cccn3c2CC(=O)NCC(c2ccccc2)N2CCCC2)cc1C. The Kier molecular flexibility index (Phi) is 6.69. The Morgan fingerprint density at radius 1 is 0.943 bits per heavy atom. The number of carbonyl (C=O) groups excluding carboxylic acids is 1. The number of carbonyl (C=O) groups is 1. The van der Waals surface area contributed by atoms with Gasteiger partial charge < -0.3 is 9.72 Å². The van der Waals surface area contributed by atoms with Gasteiger partial charge in [-0.2, -0.15) is 0 Å². The summed E-state index contributed by atoms with van der Waals surface area (Å²) in [6, 6.07) is 21.2. The minimum atomic E-state index is 0.0264. The molecule has 1 saturated heterocycles. The van der Waals surface area contributed by atoms with Crippen LogP contribution >= 0.6 is 0 Å². The zero-order chi connectivity index (χ0) is 24.4. The predicted molar refractivity (Wildman–Crippen MR) is 142 cm³/mol. The summed E-state index contributed by atoms with van der Waals surface area (Å²) in [7, 11) is 0. The molecule has 5 heteroatoms. The topological polar surface area (TPSA) is 49.6 Å². The second-order valence-corrected chi connectivity index (χ2v) is 9.74. The Morgan fingerprint density at radius 3 is 2.46 bits per heavy atom. The summed E-state index contributed by atoms with van der Waals surface area (Å²) < 4.78 is 2.08. The number of nitrogens with zero attached hydrogens (tertiary/aromatic N) is 3. The third-order valence-corrected chi connectivity index (χ3v) is 7.31. The molecule has 1 aliphatic rings. The highest BCUT2D eigenvalue weighted by molar-refractivity contribution is 5.82. The normalized spacial score (nSPS) is 14.9. The van der Waals surface area contributed by atoms with Crippen LogP contribution in [0.25, 0.3) is 16.9 Å². The van der Waals surface area contributed by atoms with Crippen molar-refractivity contribution in [3.63, 3.8) is 0 Å². The molecule has 35 heavy (non-hydrogen) atoms. The molecule has 4 aromatic rings. The first kappa shape index (κ1) is 23.3.